The largest absolute Gasteiger partial charge is 0.377 e. The number of fused-ring (bicyclic) bond motifs is 1. The van der Waals surface area contributed by atoms with Crippen LogP contribution in [0.4, 0.5) is 0 Å². The van der Waals surface area contributed by atoms with Crippen LogP contribution in [0.2, 0.25) is 0 Å². The van der Waals surface area contributed by atoms with Gasteiger partial charge in [0.25, 0.3) is 0 Å². The average molecular weight is 178 g/mol. The van der Waals surface area contributed by atoms with Gasteiger partial charge in [0, 0.05) is 23.6 Å². The molecule has 0 fully saturated rings. The standard InChI is InChI=1S/C10H14N2O/c1-7-9-6-13-5-3-4-10(9)12-8(2)11-7/h3-6H2,1-2H3. The Kier molecular flexibility index (Phi) is 2.27. The Morgan fingerprint density at radius 1 is 1.23 bits per heavy atom. The predicted octanol–water partition coefficient (Wildman–Crippen LogP) is 1.56. The van der Waals surface area contributed by atoms with E-state index >= 15 is 0 Å². The highest BCUT2D eigenvalue weighted by atomic mass is 16.5. The maximum atomic E-state index is 5.46. The minimum Gasteiger partial charge on any atom is -0.377 e. The van der Waals surface area contributed by atoms with Crippen LogP contribution in [0.15, 0.2) is 0 Å². The molecule has 0 aliphatic carbocycles. The Balaban J connectivity index is 2.47. The maximum absolute atomic E-state index is 5.46. The maximum Gasteiger partial charge on any atom is 0.125 e. The van der Waals surface area contributed by atoms with E-state index in [0.717, 1.165) is 31.0 Å². The molecule has 2 heterocycles. The van der Waals surface area contributed by atoms with Crippen molar-refractivity contribution in [2.24, 2.45) is 0 Å². The number of ether oxygens (including phenoxy) is 1. The number of rotatable bonds is 0. The number of aromatic nitrogens is 2. The van der Waals surface area contributed by atoms with Crippen LogP contribution in [0.1, 0.15) is 29.2 Å². The molecule has 1 aliphatic heterocycles. The van der Waals surface area contributed by atoms with Crippen molar-refractivity contribution < 1.29 is 4.74 Å². The lowest BCUT2D eigenvalue weighted by Crippen LogP contribution is -2.04. The van der Waals surface area contributed by atoms with Gasteiger partial charge in [0.05, 0.1) is 6.61 Å². The molecule has 0 radical (unpaired) electrons. The second-order valence-corrected chi connectivity index (χ2v) is 3.44. The summed E-state index contributed by atoms with van der Waals surface area (Å²) in [6, 6.07) is 0. The molecule has 70 valence electrons. The molecule has 3 heteroatoms. The zero-order valence-electron chi connectivity index (χ0n) is 8.13. The quantitative estimate of drug-likeness (QED) is 0.604. The highest BCUT2D eigenvalue weighted by Crippen LogP contribution is 2.17. The molecule has 13 heavy (non-hydrogen) atoms. The van der Waals surface area contributed by atoms with Gasteiger partial charge in [0.2, 0.25) is 0 Å². The Morgan fingerprint density at radius 3 is 2.92 bits per heavy atom. The van der Waals surface area contributed by atoms with Crippen LogP contribution in [0.25, 0.3) is 0 Å². The first-order chi connectivity index (χ1) is 6.27. The lowest BCUT2D eigenvalue weighted by molar-refractivity contribution is 0.124. The molecule has 1 aromatic rings. The molecular formula is C10H14N2O. The van der Waals surface area contributed by atoms with Crippen LogP contribution in [0.3, 0.4) is 0 Å². The molecule has 0 saturated carbocycles. The summed E-state index contributed by atoms with van der Waals surface area (Å²) < 4.78 is 5.46. The van der Waals surface area contributed by atoms with Gasteiger partial charge in [-0.05, 0) is 26.7 Å². The third-order valence-electron chi connectivity index (χ3n) is 2.36. The van der Waals surface area contributed by atoms with Crippen LogP contribution in [0.5, 0.6) is 0 Å². The minimum absolute atomic E-state index is 0.682. The third-order valence-corrected chi connectivity index (χ3v) is 2.36. The van der Waals surface area contributed by atoms with Crippen molar-refractivity contribution in [2.75, 3.05) is 6.61 Å². The van der Waals surface area contributed by atoms with Crippen molar-refractivity contribution in [3.05, 3.63) is 22.8 Å². The predicted molar refractivity (Wildman–Crippen MR) is 49.5 cm³/mol. The zero-order chi connectivity index (χ0) is 9.26. The van der Waals surface area contributed by atoms with E-state index in [2.05, 4.69) is 9.97 Å². The molecular weight excluding hydrogens is 164 g/mol. The fourth-order valence-electron chi connectivity index (χ4n) is 1.72. The smallest absolute Gasteiger partial charge is 0.125 e. The minimum atomic E-state index is 0.682. The highest BCUT2D eigenvalue weighted by molar-refractivity contribution is 5.25. The van der Waals surface area contributed by atoms with E-state index in [1.54, 1.807) is 0 Å². The Bertz CT molecular complexity index is 323. The van der Waals surface area contributed by atoms with Gasteiger partial charge in [-0.1, -0.05) is 0 Å². The fourth-order valence-corrected chi connectivity index (χ4v) is 1.72. The summed E-state index contributed by atoms with van der Waals surface area (Å²) >= 11 is 0. The van der Waals surface area contributed by atoms with E-state index in [9.17, 15) is 0 Å². The third kappa shape index (κ3) is 1.70. The molecule has 0 aromatic carbocycles. The molecule has 0 atom stereocenters. The molecule has 0 saturated heterocycles. The van der Waals surface area contributed by atoms with Crippen LogP contribution in [0, 0.1) is 13.8 Å². The Hall–Kier alpha value is -0.960. The van der Waals surface area contributed by atoms with Crippen molar-refractivity contribution in [2.45, 2.75) is 33.3 Å². The van der Waals surface area contributed by atoms with Gasteiger partial charge in [-0.15, -0.1) is 0 Å². The summed E-state index contributed by atoms with van der Waals surface area (Å²) in [5.41, 5.74) is 3.45. The number of nitrogens with zero attached hydrogens (tertiary/aromatic N) is 2. The summed E-state index contributed by atoms with van der Waals surface area (Å²) in [7, 11) is 0. The topological polar surface area (TPSA) is 35.0 Å². The normalized spacial score (nSPS) is 16.5. The number of aryl methyl sites for hydroxylation is 3. The molecule has 1 aromatic heterocycles. The Morgan fingerprint density at radius 2 is 2.08 bits per heavy atom. The van der Waals surface area contributed by atoms with Gasteiger partial charge in [-0.3, -0.25) is 0 Å². The number of hydrogen-bond donors (Lipinski definition) is 0. The van der Waals surface area contributed by atoms with Crippen LogP contribution in [-0.2, 0) is 17.8 Å². The second kappa shape index (κ2) is 3.42. The Labute approximate surface area is 78.2 Å². The molecule has 0 N–H and O–H groups in total. The molecule has 0 spiro atoms. The fraction of sp³-hybridized carbons (Fsp3) is 0.600. The summed E-state index contributed by atoms with van der Waals surface area (Å²) in [5, 5.41) is 0. The zero-order valence-corrected chi connectivity index (χ0v) is 8.13. The van der Waals surface area contributed by atoms with Crippen molar-refractivity contribution in [1.29, 1.82) is 0 Å². The number of hydrogen-bond acceptors (Lipinski definition) is 3. The van der Waals surface area contributed by atoms with Gasteiger partial charge >= 0.3 is 0 Å². The summed E-state index contributed by atoms with van der Waals surface area (Å²) in [4.78, 5) is 8.78. The molecule has 1 aliphatic rings. The lowest BCUT2D eigenvalue weighted by Gasteiger charge is -2.07. The second-order valence-electron chi connectivity index (χ2n) is 3.44. The van der Waals surface area contributed by atoms with Crippen LogP contribution < -0.4 is 0 Å². The SMILES string of the molecule is Cc1nc(C)c2c(n1)CCCOC2. The van der Waals surface area contributed by atoms with E-state index in [1.807, 2.05) is 13.8 Å². The van der Waals surface area contributed by atoms with Gasteiger partial charge in [-0.25, -0.2) is 9.97 Å². The van der Waals surface area contributed by atoms with Crippen molar-refractivity contribution in [3.63, 3.8) is 0 Å². The first-order valence-corrected chi connectivity index (χ1v) is 4.68. The van der Waals surface area contributed by atoms with Crippen LogP contribution >= 0.6 is 0 Å². The summed E-state index contributed by atoms with van der Waals surface area (Å²) in [5.74, 6) is 0.873. The summed E-state index contributed by atoms with van der Waals surface area (Å²) in [6.07, 6.45) is 2.10. The summed E-state index contributed by atoms with van der Waals surface area (Å²) in [6.45, 7) is 5.50. The van der Waals surface area contributed by atoms with Crippen LogP contribution in [-0.4, -0.2) is 16.6 Å². The monoisotopic (exact) mass is 178 g/mol. The first kappa shape index (κ1) is 8.63. The van der Waals surface area contributed by atoms with Crippen molar-refractivity contribution in [1.82, 2.24) is 9.97 Å². The lowest BCUT2D eigenvalue weighted by atomic mass is 10.1. The van der Waals surface area contributed by atoms with Gasteiger partial charge in [0.1, 0.15) is 5.82 Å². The first-order valence-electron chi connectivity index (χ1n) is 4.68. The molecule has 3 nitrogen and oxygen atoms in total. The van der Waals surface area contributed by atoms with Gasteiger partial charge in [-0.2, -0.15) is 0 Å². The van der Waals surface area contributed by atoms with E-state index in [4.69, 9.17) is 4.74 Å². The van der Waals surface area contributed by atoms with Gasteiger partial charge < -0.3 is 4.74 Å². The average Bonchev–Trinajstić information content (AvgIpc) is 2.28. The van der Waals surface area contributed by atoms with E-state index in [-0.39, 0.29) is 0 Å². The molecule has 0 amide bonds. The molecule has 2 rings (SSSR count). The van der Waals surface area contributed by atoms with Gasteiger partial charge in [0.15, 0.2) is 0 Å². The molecule has 0 bridgehead atoms. The van der Waals surface area contributed by atoms with E-state index in [0.29, 0.717) is 6.61 Å². The van der Waals surface area contributed by atoms with E-state index < -0.39 is 0 Å². The van der Waals surface area contributed by atoms with Crippen molar-refractivity contribution in [3.8, 4) is 0 Å². The van der Waals surface area contributed by atoms with E-state index in [1.165, 1.54) is 11.3 Å². The van der Waals surface area contributed by atoms with Crippen molar-refractivity contribution >= 4 is 0 Å². The molecule has 0 unspecified atom stereocenters. The highest BCUT2D eigenvalue weighted by Gasteiger charge is 2.12.